The minimum atomic E-state index is -4.55. The highest BCUT2D eigenvalue weighted by atomic mass is 19.4. The molecule has 0 bridgehead atoms. The molecule has 3 N–H and O–H groups in total. The van der Waals surface area contributed by atoms with E-state index in [2.05, 4.69) is 16.4 Å². The summed E-state index contributed by atoms with van der Waals surface area (Å²) in [5, 5.41) is 12.5. The maximum atomic E-state index is 13.1. The molecule has 0 spiro atoms. The molecule has 1 saturated heterocycles. The summed E-state index contributed by atoms with van der Waals surface area (Å²) in [4.78, 5) is 19.3. The normalized spacial score (nSPS) is 15.2. The molecule has 190 valence electrons. The number of aromatic nitrogens is 1. The van der Waals surface area contributed by atoms with Gasteiger partial charge in [0.15, 0.2) is 0 Å². The van der Waals surface area contributed by atoms with Crippen LogP contribution in [-0.4, -0.2) is 37.2 Å². The smallest absolute Gasteiger partial charge is 0.402 e. The first-order valence-corrected chi connectivity index (χ1v) is 11.5. The maximum absolute atomic E-state index is 13.1. The molecular weight excluding hydrogens is 471 g/mol. The summed E-state index contributed by atoms with van der Waals surface area (Å²) in [5.74, 6) is -0.0949. The lowest BCUT2D eigenvalue weighted by atomic mass is 10.0. The number of morpholine rings is 1. The van der Waals surface area contributed by atoms with Gasteiger partial charge in [-0.05, 0) is 43.7 Å². The molecule has 1 amide bonds. The number of benzene rings is 1. The molecule has 1 fully saturated rings. The molecule has 7 nitrogen and oxygen atoms in total. The molecular formula is C26H28F3N5O2. The molecule has 0 atom stereocenters. The molecule has 0 saturated carbocycles. The predicted octanol–water partition coefficient (Wildman–Crippen LogP) is 4.61. The van der Waals surface area contributed by atoms with Crippen LogP contribution in [-0.2, 0) is 10.9 Å². The van der Waals surface area contributed by atoms with E-state index in [4.69, 9.17) is 10.5 Å². The van der Waals surface area contributed by atoms with Crippen LogP contribution in [0.5, 0.6) is 0 Å². The van der Waals surface area contributed by atoms with E-state index >= 15 is 0 Å². The van der Waals surface area contributed by atoms with Gasteiger partial charge < -0.3 is 20.7 Å². The molecule has 2 aromatic rings. The van der Waals surface area contributed by atoms with Gasteiger partial charge in [0.1, 0.15) is 11.9 Å². The summed E-state index contributed by atoms with van der Waals surface area (Å²) in [6, 6.07) is 8.13. The van der Waals surface area contributed by atoms with Crippen molar-refractivity contribution in [1.29, 1.82) is 5.26 Å². The zero-order valence-corrected chi connectivity index (χ0v) is 20.2. The van der Waals surface area contributed by atoms with Crippen LogP contribution in [0.1, 0.15) is 53.7 Å². The molecule has 10 heteroatoms. The maximum Gasteiger partial charge on any atom is 0.416 e. The SMILES string of the molecule is CCC/C(=C\C(=C(\C)N)c1cnc(N2CCOCC2)c(C#N)c1)NC(=O)c1cccc(C(F)(F)F)c1. The fraction of sp³-hybridized carbons (Fsp3) is 0.346. The summed E-state index contributed by atoms with van der Waals surface area (Å²) in [5.41, 5.74) is 7.59. The van der Waals surface area contributed by atoms with Crippen molar-refractivity contribution in [2.24, 2.45) is 5.73 Å². The monoisotopic (exact) mass is 499 g/mol. The number of carbonyl (C=O) groups is 1. The zero-order chi connectivity index (χ0) is 26.3. The van der Waals surface area contributed by atoms with Gasteiger partial charge in [-0.3, -0.25) is 4.79 Å². The highest BCUT2D eigenvalue weighted by molar-refractivity contribution is 5.96. The van der Waals surface area contributed by atoms with Crippen LogP contribution in [0.2, 0.25) is 0 Å². The first-order valence-electron chi connectivity index (χ1n) is 11.5. The Morgan fingerprint density at radius 2 is 2.00 bits per heavy atom. The van der Waals surface area contributed by atoms with E-state index in [0.29, 0.717) is 73.1 Å². The van der Waals surface area contributed by atoms with Crippen LogP contribution >= 0.6 is 0 Å². The van der Waals surface area contributed by atoms with Crippen molar-refractivity contribution in [2.75, 3.05) is 31.2 Å². The van der Waals surface area contributed by atoms with Gasteiger partial charge in [-0.1, -0.05) is 19.4 Å². The van der Waals surface area contributed by atoms with Gasteiger partial charge >= 0.3 is 6.18 Å². The van der Waals surface area contributed by atoms with Crippen LogP contribution in [0.4, 0.5) is 19.0 Å². The minimum absolute atomic E-state index is 0.106. The summed E-state index contributed by atoms with van der Waals surface area (Å²) < 4.78 is 44.6. The second-order valence-electron chi connectivity index (χ2n) is 8.36. The molecule has 0 radical (unpaired) electrons. The number of alkyl halides is 3. The van der Waals surface area contributed by atoms with Crippen molar-refractivity contribution in [3.05, 3.63) is 76.3 Å². The van der Waals surface area contributed by atoms with Crippen molar-refractivity contribution in [1.82, 2.24) is 10.3 Å². The average molecular weight is 500 g/mol. The molecule has 0 aliphatic carbocycles. The van der Waals surface area contributed by atoms with Gasteiger partial charge in [-0.2, -0.15) is 18.4 Å². The van der Waals surface area contributed by atoms with Gasteiger partial charge in [0.25, 0.3) is 5.91 Å². The van der Waals surface area contributed by atoms with E-state index in [1.807, 2.05) is 11.8 Å². The highest BCUT2D eigenvalue weighted by Gasteiger charge is 2.31. The lowest BCUT2D eigenvalue weighted by molar-refractivity contribution is -0.137. The number of carbonyl (C=O) groups excluding carboxylic acids is 1. The Morgan fingerprint density at radius 3 is 2.61 bits per heavy atom. The molecule has 1 aromatic heterocycles. The first-order chi connectivity index (χ1) is 17.1. The number of ether oxygens (including phenoxy) is 1. The Labute approximate surface area is 208 Å². The molecule has 2 heterocycles. The third-order valence-corrected chi connectivity index (χ3v) is 5.60. The number of amides is 1. The van der Waals surface area contributed by atoms with Crippen molar-refractivity contribution >= 4 is 17.3 Å². The van der Waals surface area contributed by atoms with Crippen LogP contribution in [0.15, 0.2) is 54.0 Å². The number of rotatable bonds is 7. The second kappa shape index (κ2) is 11.7. The zero-order valence-electron chi connectivity index (χ0n) is 20.2. The summed E-state index contributed by atoms with van der Waals surface area (Å²) >= 11 is 0. The largest absolute Gasteiger partial charge is 0.416 e. The lowest BCUT2D eigenvalue weighted by Gasteiger charge is -2.28. The first kappa shape index (κ1) is 26.8. The summed E-state index contributed by atoms with van der Waals surface area (Å²) in [6.45, 7) is 5.96. The van der Waals surface area contributed by atoms with Crippen molar-refractivity contribution in [2.45, 2.75) is 32.9 Å². The molecule has 36 heavy (non-hydrogen) atoms. The van der Waals surface area contributed by atoms with Crippen molar-refractivity contribution in [3.63, 3.8) is 0 Å². The number of hydrogen-bond acceptors (Lipinski definition) is 6. The summed E-state index contributed by atoms with van der Waals surface area (Å²) in [6.07, 6.45) is -0.137. The van der Waals surface area contributed by atoms with Gasteiger partial charge in [0.05, 0.1) is 24.3 Å². The summed E-state index contributed by atoms with van der Waals surface area (Å²) in [7, 11) is 0. The fourth-order valence-electron chi connectivity index (χ4n) is 3.81. The predicted molar refractivity (Wildman–Crippen MR) is 131 cm³/mol. The molecule has 1 aromatic carbocycles. The van der Waals surface area contributed by atoms with Crippen molar-refractivity contribution < 1.29 is 22.7 Å². The fourth-order valence-corrected chi connectivity index (χ4v) is 3.81. The van der Waals surface area contributed by atoms with Crippen LogP contribution in [0.3, 0.4) is 0 Å². The van der Waals surface area contributed by atoms with Gasteiger partial charge in [0, 0.05) is 47.4 Å². The minimum Gasteiger partial charge on any atom is -0.402 e. The third kappa shape index (κ3) is 6.64. The van der Waals surface area contributed by atoms with E-state index < -0.39 is 17.6 Å². The second-order valence-corrected chi connectivity index (χ2v) is 8.36. The van der Waals surface area contributed by atoms with Crippen LogP contribution in [0, 0.1) is 11.3 Å². The Balaban J connectivity index is 1.92. The third-order valence-electron chi connectivity index (χ3n) is 5.60. The average Bonchev–Trinajstić information content (AvgIpc) is 2.86. The number of nitriles is 1. The van der Waals surface area contributed by atoms with Gasteiger partial charge in [-0.25, -0.2) is 4.98 Å². The Kier molecular flexibility index (Phi) is 8.72. The lowest BCUT2D eigenvalue weighted by Crippen LogP contribution is -2.37. The van der Waals surface area contributed by atoms with E-state index in [-0.39, 0.29) is 5.56 Å². The van der Waals surface area contributed by atoms with E-state index in [1.165, 1.54) is 12.1 Å². The number of anilines is 1. The van der Waals surface area contributed by atoms with Gasteiger partial charge in [-0.15, -0.1) is 0 Å². The topological polar surface area (TPSA) is 104 Å². The molecule has 3 rings (SSSR count). The molecule has 1 aliphatic heterocycles. The number of hydrogen-bond donors (Lipinski definition) is 2. The number of nitrogens with zero attached hydrogens (tertiary/aromatic N) is 3. The standard InChI is InChI=1S/C26H28F3N5O2/c1-3-5-22(33-25(35)18-6-4-7-21(13-18)26(27,28)29)14-23(17(2)31)20-12-19(15-30)24(32-16-20)34-8-10-36-11-9-34/h4,6-7,12-14,16H,3,5,8-11,31H2,1-2H3,(H,33,35)/b22-14+,23-17+. The highest BCUT2D eigenvalue weighted by Crippen LogP contribution is 2.30. The number of nitrogens with two attached hydrogens (primary N) is 1. The van der Waals surface area contributed by atoms with Gasteiger partial charge in [0.2, 0.25) is 0 Å². The van der Waals surface area contributed by atoms with Crippen LogP contribution in [0.25, 0.3) is 5.57 Å². The quantitative estimate of drug-likeness (QED) is 0.539. The number of allylic oxidation sites excluding steroid dienone is 4. The molecule has 1 aliphatic rings. The Morgan fingerprint density at radius 1 is 1.28 bits per heavy atom. The number of nitrogens with one attached hydrogen (secondary N) is 1. The Bertz CT molecular complexity index is 1200. The number of halogens is 3. The molecule has 0 unspecified atom stereocenters. The van der Waals surface area contributed by atoms with E-state index in [1.54, 1.807) is 25.3 Å². The Hall–Kier alpha value is -3.84. The van der Waals surface area contributed by atoms with Crippen LogP contribution < -0.4 is 16.0 Å². The number of pyridine rings is 1. The van der Waals surface area contributed by atoms with E-state index in [9.17, 15) is 23.2 Å². The van der Waals surface area contributed by atoms with E-state index in [0.717, 1.165) is 12.1 Å². The van der Waals surface area contributed by atoms with Crippen molar-refractivity contribution in [3.8, 4) is 6.07 Å².